The molecule has 2 aromatic carbocycles. The Bertz CT molecular complexity index is 584. The fraction of sp³-hybridized carbons (Fsp3) is 0.250. The van der Waals surface area contributed by atoms with Crippen molar-refractivity contribution in [3.05, 3.63) is 57.8 Å². The third kappa shape index (κ3) is 3.73. The lowest BCUT2D eigenvalue weighted by Crippen LogP contribution is -2.06. The lowest BCUT2D eigenvalue weighted by Gasteiger charge is -2.11. The highest BCUT2D eigenvalue weighted by molar-refractivity contribution is 9.10. The van der Waals surface area contributed by atoms with Crippen molar-refractivity contribution in [2.24, 2.45) is 0 Å². The molecule has 20 heavy (non-hydrogen) atoms. The molecule has 2 nitrogen and oxygen atoms in total. The van der Waals surface area contributed by atoms with Crippen molar-refractivity contribution in [2.45, 2.75) is 13.3 Å². The number of ether oxygens (including phenoxy) is 1. The van der Waals surface area contributed by atoms with Crippen LogP contribution in [0.25, 0.3) is 0 Å². The maximum atomic E-state index is 13.3. The first-order valence-corrected chi connectivity index (χ1v) is 7.22. The van der Waals surface area contributed by atoms with E-state index in [0.717, 1.165) is 30.0 Å². The summed E-state index contributed by atoms with van der Waals surface area (Å²) in [7, 11) is 1.66. The van der Waals surface area contributed by atoms with E-state index in [1.165, 1.54) is 11.6 Å². The highest BCUT2D eigenvalue weighted by atomic mass is 79.9. The quantitative estimate of drug-likeness (QED) is 0.863. The van der Waals surface area contributed by atoms with Gasteiger partial charge in [0.05, 0.1) is 11.6 Å². The SMILES string of the molecule is COc1ccc(CCNc2cc(Br)c(F)cc2C)cc1. The second-order valence-corrected chi connectivity index (χ2v) is 5.46. The van der Waals surface area contributed by atoms with Gasteiger partial charge in [-0.1, -0.05) is 12.1 Å². The first-order chi connectivity index (χ1) is 9.60. The topological polar surface area (TPSA) is 21.3 Å². The van der Waals surface area contributed by atoms with Gasteiger partial charge in [0.1, 0.15) is 11.6 Å². The fourth-order valence-electron chi connectivity index (χ4n) is 1.97. The van der Waals surface area contributed by atoms with Crippen LogP contribution in [0.2, 0.25) is 0 Å². The number of aryl methyl sites for hydroxylation is 1. The number of nitrogens with one attached hydrogen (secondary N) is 1. The Labute approximate surface area is 127 Å². The van der Waals surface area contributed by atoms with Crippen molar-refractivity contribution in [1.82, 2.24) is 0 Å². The first-order valence-electron chi connectivity index (χ1n) is 6.42. The summed E-state index contributed by atoms with van der Waals surface area (Å²) in [5.41, 5.74) is 3.09. The number of rotatable bonds is 5. The van der Waals surface area contributed by atoms with Crippen LogP contribution in [0.15, 0.2) is 40.9 Å². The summed E-state index contributed by atoms with van der Waals surface area (Å²) in [6, 6.07) is 11.3. The Balaban J connectivity index is 1.94. The molecule has 0 aliphatic carbocycles. The molecule has 0 amide bonds. The van der Waals surface area contributed by atoms with E-state index < -0.39 is 0 Å². The number of hydrogen-bond acceptors (Lipinski definition) is 2. The number of benzene rings is 2. The van der Waals surface area contributed by atoms with Gasteiger partial charge >= 0.3 is 0 Å². The lowest BCUT2D eigenvalue weighted by atomic mass is 10.1. The number of methoxy groups -OCH3 is 1. The van der Waals surface area contributed by atoms with E-state index in [-0.39, 0.29) is 5.82 Å². The average Bonchev–Trinajstić information content (AvgIpc) is 2.45. The molecule has 2 aromatic rings. The van der Waals surface area contributed by atoms with Gasteiger partial charge in [-0.2, -0.15) is 0 Å². The summed E-state index contributed by atoms with van der Waals surface area (Å²) in [6.07, 6.45) is 0.901. The van der Waals surface area contributed by atoms with Crippen LogP contribution in [0.1, 0.15) is 11.1 Å². The highest BCUT2D eigenvalue weighted by Gasteiger charge is 2.04. The van der Waals surface area contributed by atoms with Crippen molar-refractivity contribution in [3.63, 3.8) is 0 Å². The summed E-state index contributed by atoms with van der Waals surface area (Å²) in [6.45, 7) is 2.69. The number of hydrogen-bond donors (Lipinski definition) is 1. The van der Waals surface area contributed by atoms with E-state index >= 15 is 0 Å². The molecule has 0 fully saturated rings. The van der Waals surface area contributed by atoms with Crippen LogP contribution in [0.3, 0.4) is 0 Å². The van der Waals surface area contributed by atoms with Crippen LogP contribution in [0, 0.1) is 12.7 Å². The summed E-state index contributed by atoms with van der Waals surface area (Å²) >= 11 is 3.20. The molecule has 0 heterocycles. The largest absolute Gasteiger partial charge is 0.497 e. The van der Waals surface area contributed by atoms with Crippen LogP contribution in [-0.2, 0) is 6.42 Å². The Kier molecular flexibility index (Phi) is 5.01. The standard InChI is InChI=1S/C16H17BrFNO/c1-11-9-15(18)14(17)10-16(11)19-8-7-12-3-5-13(20-2)6-4-12/h3-6,9-10,19H,7-8H2,1-2H3. The van der Waals surface area contributed by atoms with Crippen molar-refractivity contribution < 1.29 is 9.13 Å². The maximum absolute atomic E-state index is 13.3. The van der Waals surface area contributed by atoms with Gasteiger partial charge < -0.3 is 10.1 Å². The monoisotopic (exact) mass is 337 g/mol. The highest BCUT2D eigenvalue weighted by Crippen LogP contribution is 2.24. The molecule has 0 bridgehead atoms. The summed E-state index contributed by atoms with van der Waals surface area (Å²) in [5.74, 6) is 0.628. The van der Waals surface area contributed by atoms with Gasteiger partial charge in [-0.15, -0.1) is 0 Å². The van der Waals surface area contributed by atoms with E-state index in [2.05, 4.69) is 21.2 Å². The van der Waals surface area contributed by atoms with Gasteiger partial charge in [0.25, 0.3) is 0 Å². The van der Waals surface area contributed by atoms with Gasteiger partial charge in [0.2, 0.25) is 0 Å². The van der Waals surface area contributed by atoms with Crippen molar-refractivity contribution in [2.75, 3.05) is 19.0 Å². The van der Waals surface area contributed by atoms with Crippen molar-refractivity contribution in [3.8, 4) is 5.75 Å². The number of halogens is 2. The second-order valence-electron chi connectivity index (χ2n) is 4.61. The minimum atomic E-state index is -0.233. The third-order valence-corrected chi connectivity index (χ3v) is 3.76. The lowest BCUT2D eigenvalue weighted by molar-refractivity contribution is 0.414. The molecule has 0 aromatic heterocycles. The molecule has 0 radical (unpaired) electrons. The van der Waals surface area contributed by atoms with Gasteiger partial charge in [-0.25, -0.2) is 4.39 Å². The molecule has 2 rings (SSSR count). The summed E-state index contributed by atoms with van der Waals surface area (Å²) in [4.78, 5) is 0. The zero-order valence-corrected chi connectivity index (χ0v) is 13.1. The molecule has 4 heteroatoms. The van der Waals surface area contributed by atoms with Crippen molar-refractivity contribution in [1.29, 1.82) is 0 Å². The minimum Gasteiger partial charge on any atom is -0.497 e. The Morgan fingerprint density at radius 3 is 2.55 bits per heavy atom. The van der Waals surface area contributed by atoms with E-state index in [0.29, 0.717) is 4.47 Å². The molecular formula is C16H17BrFNO. The van der Waals surface area contributed by atoms with Gasteiger partial charge in [0, 0.05) is 12.2 Å². The maximum Gasteiger partial charge on any atom is 0.137 e. The predicted octanol–water partition coefficient (Wildman–Crippen LogP) is 4.56. The number of anilines is 1. The van der Waals surface area contributed by atoms with Crippen LogP contribution in [0.4, 0.5) is 10.1 Å². The molecule has 0 saturated heterocycles. The van der Waals surface area contributed by atoms with Crippen molar-refractivity contribution >= 4 is 21.6 Å². The van der Waals surface area contributed by atoms with E-state index in [1.54, 1.807) is 13.2 Å². The van der Waals surface area contributed by atoms with E-state index in [1.807, 2.05) is 31.2 Å². The molecule has 0 aliphatic rings. The Morgan fingerprint density at radius 1 is 1.20 bits per heavy atom. The smallest absolute Gasteiger partial charge is 0.137 e. The predicted molar refractivity (Wildman–Crippen MR) is 84.0 cm³/mol. The average molecular weight is 338 g/mol. The molecule has 0 spiro atoms. The molecule has 0 aliphatic heterocycles. The van der Waals surface area contributed by atoms with Gasteiger partial charge in [0.15, 0.2) is 0 Å². The molecule has 0 saturated carbocycles. The molecule has 0 unspecified atom stereocenters. The third-order valence-electron chi connectivity index (χ3n) is 3.16. The van der Waals surface area contributed by atoms with Crippen LogP contribution in [-0.4, -0.2) is 13.7 Å². The molecule has 1 N–H and O–H groups in total. The van der Waals surface area contributed by atoms with Gasteiger partial charge in [-0.3, -0.25) is 0 Å². The van der Waals surface area contributed by atoms with Crippen LogP contribution >= 0.6 is 15.9 Å². The van der Waals surface area contributed by atoms with E-state index in [9.17, 15) is 4.39 Å². The normalized spacial score (nSPS) is 10.4. The zero-order valence-electron chi connectivity index (χ0n) is 11.5. The van der Waals surface area contributed by atoms with Crippen LogP contribution in [0.5, 0.6) is 5.75 Å². The minimum absolute atomic E-state index is 0.233. The molecule has 0 atom stereocenters. The van der Waals surface area contributed by atoms with E-state index in [4.69, 9.17) is 4.74 Å². The summed E-state index contributed by atoms with van der Waals surface area (Å²) in [5, 5.41) is 3.33. The first kappa shape index (κ1) is 14.9. The van der Waals surface area contributed by atoms with Gasteiger partial charge in [-0.05, 0) is 64.7 Å². The molecular weight excluding hydrogens is 321 g/mol. The Hall–Kier alpha value is -1.55. The van der Waals surface area contributed by atoms with Crippen LogP contribution < -0.4 is 10.1 Å². The zero-order chi connectivity index (χ0) is 14.5. The molecule has 106 valence electrons. The Morgan fingerprint density at radius 2 is 1.90 bits per heavy atom. The second kappa shape index (κ2) is 6.75. The fourth-order valence-corrected chi connectivity index (χ4v) is 2.31. The summed E-state index contributed by atoms with van der Waals surface area (Å²) < 4.78 is 18.9.